The number of hydrogen-bond donors (Lipinski definition) is 4. The molecule has 0 aliphatic rings. The van der Waals surface area contributed by atoms with Crippen LogP contribution in [-0.2, 0) is 10.4 Å². The van der Waals surface area contributed by atoms with Crippen molar-refractivity contribution < 1.29 is 22.6 Å². The van der Waals surface area contributed by atoms with Gasteiger partial charge in [0.1, 0.15) is 0 Å². The third-order valence-electron chi connectivity index (χ3n) is 1.81. The maximum Gasteiger partial charge on any atom is 0.394 e. The molecule has 104 valence electrons. The number of likely N-dealkylation sites (N-methyl/N-ethyl adjacent to an activating group) is 1. The lowest BCUT2D eigenvalue weighted by molar-refractivity contribution is 0.225. The molecule has 18 heavy (non-hydrogen) atoms. The van der Waals surface area contributed by atoms with Gasteiger partial charge in [-0.1, -0.05) is 25.1 Å². The summed E-state index contributed by atoms with van der Waals surface area (Å²) in [4.78, 5) is 0. The Kier molecular flexibility index (Phi) is 8.25. The molecule has 0 spiro atoms. The van der Waals surface area contributed by atoms with Crippen LogP contribution in [0.2, 0.25) is 0 Å². The maximum atomic E-state index is 8.76. The second kappa shape index (κ2) is 8.84. The van der Waals surface area contributed by atoms with Gasteiger partial charge in [0.2, 0.25) is 0 Å². The van der Waals surface area contributed by atoms with E-state index in [-0.39, 0.29) is 6.61 Å². The van der Waals surface area contributed by atoms with Gasteiger partial charge in [-0.25, -0.2) is 5.01 Å². The molecule has 0 saturated heterocycles. The molecule has 7 nitrogen and oxygen atoms in total. The van der Waals surface area contributed by atoms with Crippen molar-refractivity contribution in [2.75, 3.05) is 25.1 Å². The average Bonchev–Trinajstić information content (AvgIpc) is 2.27. The average molecular weight is 278 g/mol. The molecule has 0 saturated carbocycles. The first-order chi connectivity index (χ1) is 8.36. The van der Waals surface area contributed by atoms with E-state index >= 15 is 0 Å². The van der Waals surface area contributed by atoms with Gasteiger partial charge in [-0.2, -0.15) is 8.42 Å². The number of para-hydroxylation sites is 1. The van der Waals surface area contributed by atoms with Crippen LogP contribution in [-0.4, -0.2) is 47.3 Å². The first-order valence-electron chi connectivity index (χ1n) is 5.24. The Hall–Kier alpha value is -1.19. The molecule has 8 heteroatoms. The molecule has 0 atom stereocenters. The predicted molar refractivity (Wildman–Crippen MR) is 68.6 cm³/mol. The van der Waals surface area contributed by atoms with Crippen LogP contribution in [0.4, 0.5) is 5.69 Å². The number of benzene rings is 1. The fourth-order valence-electron chi connectivity index (χ4n) is 1.11. The minimum absolute atomic E-state index is 0.174. The monoisotopic (exact) mass is 278 g/mol. The quantitative estimate of drug-likeness (QED) is 0.463. The van der Waals surface area contributed by atoms with Crippen molar-refractivity contribution in [3.8, 4) is 0 Å². The fourth-order valence-corrected chi connectivity index (χ4v) is 1.11. The smallest absolute Gasteiger partial charge is 0.394 e. The van der Waals surface area contributed by atoms with Crippen LogP contribution in [0.15, 0.2) is 30.3 Å². The molecule has 1 rings (SSSR count). The molecule has 0 heterocycles. The number of nitrogens with one attached hydrogen (secondary N) is 1. The highest BCUT2D eigenvalue weighted by Crippen LogP contribution is 2.05. The van der Waals surface area contributed by atoms with Gasteiger partial charge in [0, 0.05) is 18.8 Å². The standard InChI is InChI=1S/C10H16N2O.H2O4S/c1-2-12(8-9-13)11-10-6-4-3-5-7-10;1-5(2,3)4/h3-7,11,13H,2,8-9H2,1H3;(H2,1,2,3,4). The molecule has 4 N–H and O–H groups in total. The zero-order valence-electron chi connectivity index (χ0n) is 10.0. The lowest BCUT2D eigenvalue weighted by atomic mass is 10.3. The number of aliphatic hydroxyl groups excluding tert-OH is 1. The van der Waals surface area contributed by atoms with Crippen molar-refractivity contribution in [1.29, 1.82) is 0 Å². The molecule has 0 unspecified atom stereocenters. The predicted octanol–water partition coefficient (Wildman–Crippen LogP) is 0.675. The topological polar surface area (TPSA) is 110 Å². The number of aliphatic hydroxyl groups is 1. The van der Waals surface area contributed by atoms with Gasteiger partial charge >= 0.3 is 10.4 Å². The first kappa shape index (κ1) is 16.8. The van der Waals surface area contributed by atoms with Crippen molar-refractivity contribution in [3.63, 3.8) is 0 Å². The zero-order valence-corrected chi connectivity index (χ0v) is 10.8. The largest absolute Gasteiger partial charge is 0.395 e. The molecule has 0 aliphatic carbocycles. The molecule has 0 aliphatic heterocycles. The number of nitrogens with zero attached hydrogens (tertiary/aromatic N) is 1. The van der Waals surface area contributed by atoms with E-state index in [0.717, 1.165) is 12.2 Å². The van der Waals surface area contributed by atoms with E-state index < -0.39 is 10.4 Å². The Bertz CT molecular complexity index is 402. The summed E-state index contributed by atoms with van der Waals surface area (Å²) in [6.07, 6.45) is 0. The van der Waals surface area contributed by atoms with Crippen LogP contribution in [0.25, 0.3) is 0 Å². The Morgan fingerprint density at radius 1 is 1.22 bits per heavy atom. The molecule has 0 aromatic heterocycles. The van der Waals surface area contributed by atoms with Gasteiger partial charge in [0.15, 0.2) is 0 Å². The van der Waals surface area contributed by atoms with E-state index in [1.54, 1.807) is 0 Å². The van der Waals surface area contributed by atoms with Crippen LogP contribution in [0, 0.1) is 0 Å². The summed E-state index contributed by atoms with van der Waals surface area (Å²) in [7, 11) is -4.67. The van der Waals surface area contributed by atoms with E-state index in [0.29, 0.717) is 6.54 Å². The first-order valence-corrected chi connectivity index (χ1v) is 6.64. The second-order valence-corrected chi connectivity index (χ2v) is 4.12. The van der Waals surface area contributed by atoms with Gasteiger partial charge < -0.3 is 10.5 Å². The van der Waals surface area contributed by atoms with Crippen LogP contribution in [0.1, 0.15) is 6.92 Å². The summed E-state index contributed by atoms with van der Waals surface area (Å²) in [5, 5.41) is 10.7. The number of hydrogen-bond acceptors (Lipinski definition) is 5. The Labute approximate surface area is 107 Å². The van der Waals surface area contributed by atoms with Crippen molar-refractivity contribution >= 4 is 16.1 Å². The van der Waals surface area contributed by atoms with E-state index in [2.05, 4.69) is 5.43 Å². The van der Waals surface area contributed by atoms with E-state index in [1.165, 1.54) is 0 Å². The molecule has 0 fully saturated rings. The Morgan fingerprint density at radius 2 is 1.72 bits per heavy atom. The summed E-state index contributed by atoms with van der Waals surface area (Å²) >= 11 is 0. The van der Waals surface area contributed by atoms with Gasteiger partial charge in [0.25, 0.3) is 0 Å². The van der Waals surface area contributed by atoms with Crippen LogP contribution in [0.5, 0.6) is 0 Å². The van der Waals surface area contributed by atoms with Crippen molar-refractivity contribution in [2.45, 2.75) is 6.92 Å². The normalized spacial score (nSPS) is 10.7. The van der Waals surface area contributed by atoms with Gasteiger partial charge in [-0.3, -0.25) is 9.11 Å². The lowest BCUT2D eigenvalue weighted by Crippen LogP contribution is -2.32. The van der Waals surface area contributed by atoms with E-state index in [4.69, 9.17) is 22.6 Å². The van der Waals surface area contributed by atoms with Crippen molar-refractivity contribution in [2.24, 2.45) is 0 Å². The second-order valence-electron chi connectivity index (χ2n) is 3.23. The molecule has 1 aromatic carbocycles. The Balaban J connectivity index is 0.000000494. The van der Waals surface area contributed by atoms with Gasteiger partial charge in [-0.15, -0.1) is 0 Å². The van der Waals surface area contributed by atoms with Crippen LogP contribution in [0.3, 0.4) is 0 Å². The van der Waals surface area contributed by atoms with Crippen molar-refractivity contribution in [3.05, 3.63) is 30.3 Å². The van der Waals surface area contributed by atoms with Gasteiger partial charge in [-0.05, 0) is 12.1 Å². The third kappa shape index (κ3) is 11.3. The summed E-state index contributed by atoms with van der Waals surface area (Å²) in [6.45, 7) is 3.74. The van der Waals surface area contributed by atoms with Gasteiger partial charge in [0.05, 0.1) is 6.61 Å². The minimum Gasteiger partial charge on any atom is -0.395 e. The zero-order chi connectivity index (χ0) is 14.0. The lowest BCUT2D eigenvalue weighted by Gasteiger charge is -2.21. The molecule has 0 bridgehead atoms. The van der Waals surface area contributed by atoms with Crippen LogP contribution < -0.4 is 5.43 Å². The van der Waals surface area contributed by atoms with Crippen LogP contribution >= 0.6 is 0 Å². The summed E-state index contributed by atoms with van der Waals surface area (Å²) < 4.78 is 31.6. The summed E-state index contributed by atoms with van der Waals surface area (Å²) in [5.74, 6) is 0. The minimum atomic E-state index is -4.67. The molecular weight excluding hydrogens is 260 g/mol. The SMILES string of the molecule is CCN(CCO)Nc1ccccc1.O=S(=O)(O)O. The van der Waals surface area contributed by atoms with E-state index in [1.807, 2.05) is 42.3 Å². The Morgan fingerprint density at radius 3 is 2.11 bits per heavy atom. The summed E-state index contributed by atoms with van der Waals surface area (Å²) in [6, 6.07) is 9.94. The fraction of sp³-hybridized carbons (Fsp3) is 0.400. The number of rotatable bonds is 5. The summed E-state index contributed by atoms with van der Waals surface area (Å²) in [5.41, 5.74) is 4.26. The molecule has 1 aromatic rings. The highest BCUT2D eigenvalue weighted by molar-refractivity contribution is 7.79. The third-order valence-corrected chi connectivity index (χ3v) is 1.81. The van der Waals surface area contributed by atoms with Crippen molar-refractivity contribution in [1.82, 2.24) is 5.01 Å². The van der Waals surface area contributed by atoms with E-state index in [9.17, 15) is 0 Å². The maximum absolute atomic E-state index is 8.76. The molecule has 0 radical (unpaired) electrons. The number of hydrazine groups is 1. The molecular formula is C10H18N2O5S. The highest BCUT2D eigenvalue weighted by Gasteiger charge is 1.99. The molecule has 0 amide bonds. The highest BCUT2D eigenvalue weighted by atomic mass is 32.3. The number of anilines is 1.